The Morgan fingerprint density at radius 1 is 1.28 bits per heavy atom. The molecule has 1 aromatic heterocycles. The Bertz CT molecular complexity index is 610. The maximum absolute atomic E-state index is 13.6. The standard InChI is InChI=1S/C17H22F3N3O2/c1-5-8-22-14(24)13(17(18,19)20)23(11-16(2,3)4)15(25)12-6-9-21-10-7-12/h5-7,9-10,13H,1,8,11H2,2-4H3,(H,22,24). The zero-order chi connectivity index (χ0) is 19.3. The lowest BCUT2D eigenvalue weighted by atomic mass is 9.94. The minimum absolute atomic E-state index is 0.0324. The number of pyridine rings is 1. The number of carbonyl (C=O) groups is 2. The zero-order valence-electron chi connectivity index (χ0n) is 14.4. The minimum Gasteiger partial charge on any atom is -0.351 e. The van der Waals surface area contributed by atoms with Gasteiger partial charge in [-0.2, -0.15) is 13.2 Å². The van der Waals surface area contributed by atoms with Gasteiger partial charge in [-0.05, 0) is 17.5 Å². The molecule has 0 aliphatic heterocycles. The fraction of sp³-hybridized carbons (Fsp3) is 0.471. The van der Waals surface area contributed by atoms with Gasteiger partial charge in [0.05, 0.1) is 0 Å². The minimum atomic E-state index is -4.92. The fourth-order valence-electron chi connectivity index (χ4n) is 2.19. The average molecular weight is 357 g/mol. The smallest absolute Gasteiger partial charge is 0.351 e. The normalized spacial score (nSPS) is 13.0. The first-order chi connectivity index (χ1) is 11.5. The lowest BCUT2D eigenvalue weighted by molar-refractivity contribution is -0.185. The van der Waals surface area contributed by atoms with Crippen LogP contribution < -0.4 is 5.32 Å². The van der Waals surface area contributed by atoms with E-state index < -0.39 is 29.4 Å². The summed E-state index contributed by atoms with van der Waals surface area (Å²) in [6, 6.07) is 0.0347. The number of aromatic nitrogens is 1. The van der Waals surface area contributed by atoms with Crippen LogP contribution in [0.4, 0.5) is 13.2 Å². The highest BCUT2D eigenvalue weighted by Crippen LogP contribution is 2.29. The highest BCUT2D eigenvalue weighted by atomic mass is 19.4. The van der Waals surface area contributed by atoms with Crippen molar-refractivity contribution in [3.8, 4) is 0 Å². The first-order valence-corrected chi connectivity index (χ1v) is 7.63. The van der Waals surface area contributed by atoms with Gasteiger partial charge >= 0.3 is 6.18 Å². The van der Waals surface area contributed by atoms with Gasteiger partial charge in [-0.15, -0.1) is 6.58 Å². The first kappa shape index (κ1) is 20.7. The molecule has 1 aromatic rings. The van der Waals surface area contributed by atoms with Gasteiger partial charge in [0.25, 0.3) is 11.8 Å². The molecular weight excluding hydrogens is 335 g/mol. The SMILES string of the molecule is C=CCNC(=O)C(N(CC(C)(C)C)C(=O)c1ccncc1)C(F)(F)F. The Morgan fingerprint density at radius 3 is 2.28 bits per heavy atom. The number of alkyl halides is 3. The maximum atomic E-state index is 13.6. The lowest BCUT2D eigenvalue weighted by Crippen LogP contribution is -2.58. The van der Waals surface area contributed by atoms with Crippen molar-refractivity contribution in [2.45, 2.75) is 33.0 Å². The molecule has 8 heteroatoms. The molecule has 0 aliphatic carbocycles. The summed E-state index contributed by atoms with van der Waals surface area (Å²) < 4.78 is 40.8. The molecular formula is C17H22F3N3O2. The summed E-state index contributed by atoms with van der Waals surface area (Å²) in [5.41, 5.74) is -0.615. The van der Waals surface area contributed by atoms with Crippen LogP contribution in [0.15, 0.2) is 37.2 Å². The van der Waals surface area contributed by atoms with Crippen LogP contribution in [0, 0.1) is 5.41 Å². The second-order valence-corrected chi connectivity index (χ2v) is 6.71. The number of nitrogens with zero attached hydrogens (tertiary/aromatic N) is 2. The zero-order valence-corrected chi connectivity index (χ0v) is 14.4. The van der Waals surface area contributed by atoms with Crippen LogP contribution in [0.25, 0.3) is 0 Å². The van der Waals surface area contributed by atoms with E-state index in [0.29, 0.717) is 4.90 Å². The summed E-state index contributed by atoms with van der Waals surface area (Å²) in [6.07, 6.45) is -1.03. The molecule has 138 valence electrons. The van der Waals surface area contributed by atoms with Gasteiger partial charge in [-0.3, -0.25) is 14.6 Å². The average Bonchev–Trinajstić information content (AvgIpc) is 2.49. The van der Waals surface area contributed by atoms with E-state index in [1.807, 2.05) is 0 Å². The Hall–Kier alpha value is -2.38. The molecule has 0 saturated carbocycles. The van der Waals surface area contributed by atoms with E-state index in [0.717, 1.165) is 0 Å². The largest absolute Gasteiger partial charge is 0.417 e. The first-order valence-electron chi connectivity index (χ1n) is 7.63. The van der Waals surface area contributed by atoms with E-state index in [9.17, 15) is 22.8 Å². The van der Waals surface area contributed by atoms with Gasteiger partial charge in [-0.25, -0.2) is 0 Å². The van der Waals surface area contributed by atoms with E-state index in [4.69, 9.17) is 0 Å². The molecule has 1 atom stereocenters. The molecule has 5 nitrogen and oxygen atoms in total. The fourth-order valence-corrected chi connectivity index (χ4v) is 2.19. The topological polar surface area (TPSA) is 62.3 Å². The molecule has 1 N–H and O–H groups in total. The Labute approximate surface area is 144 Å². The van der Waals surface area contributed by atoms with Gasteiger partial charge in [0.15, 0.2) is 0 Å². The maximum Gasteiger partial charge on any atom is 0.417 e. The van der Waals surface area contributed by atoms with Crippen LogP contribution in [0.2, 0.25) is 0 Å². The predicted molar refractivity (Wildman–Crippen MR) is 87.8 cm³/mol. The van der Waals surface area contributed by atoms with Crippen LogP contribution in [0.3, 0.4) is 0 Å². The molecule has 2 amide bonds. The van der Waals surface area contributed by atoms with Crippen molar-refractivity contribution in [1.82, 2.24) is 15.2 Å². The third-order valence-corrected chi connectivity index (χ3v) is 3.12. The highest BCUT2D eigenvalue weighted by Gasteiger charge is 2.51. The second-order valence-electron chi connectivity index (χ2n) is 6.71. The van der Waals surface area contributed by atoms with E-state index in [1.54, 1.807) is 20.8 Å². The van der Waals surface area contributed by atoms with Gasteiger partial charge in [-0.1, -0.05) is 26.8 Å². The summed E-state index contributed by atoms with van der Waals surface area (Å²) in [5, 5.41) is 2.13. The molecule has 0 aromatic carbocycles. The van der Waals surface area contributed by atoms with Gasteiger partial charge in [0.2, 0.25) is 6.04 Å². The summed E-state index contributed by atoms with van der Waals surface area (Å²) in [6.45, 7) is 8.05. The van der Waals surface area contributed by atoms with Gasteiger partial charge < -0.3 is 10.2 Å². The van der Waals surface area contributed by atoms with Crippen LogP contribution in [-0.4, -0.2) is 47.0 Å². The summed E-state index contributed by atoms with van der Waals surface area (Å²) in [7, 11) is 0. The van der Waals surface area contributed by atoms with E-state index >= 15 is 0 Å². The monoisotopic (exact) mass is 357 g/mol. The number of rotatable bonds is 6. The van der Waals surface area contributed by atoms with Gasteiger partial charge in [0.1, 0.15) is 0 Å². The number of nitrogens with one attached hydrogen (secondary N) is 1. The van der Waals surface area contributed by atoms with Crippen LogP contribution >= 0.6 is 0 Å². The quantitative estimate of drug-likeness (QED) is 0.797. The number of halogens is 3. The molecule has 1 rings (SSSR count). The van der Waals surface area contributed by atoms with Gasteiger partial charge in [0, 0.05) is 31.0 Å². The molecule has 25 heavy (non-hydrogen) atoms. The van der Waals surface area contributed by atoms with E-state index in [2.05, 4.69) is 16.9 Å². The third-order valence-electron chi connectivity index (χ3n) is 3.12. The second kappa shape index (κ2) is 8.13. The van der Waals surface area contributed by atoms with E-state index in [-0.39, 0.29) is 18.7 Å². The molecule has 0 spiro atoms. The molecule has 1 unspecified atom stereocenters. The van der Waals surface area contributed by atoms with Crippen LogP contribution in [0.1, 0.15) is 31.1 Å². The number of carbonyl (C=O) groups excluding carboxylic acids is 2. The highest BCUT2D eigenvalue weighted by molar-refractivity contribution is 5.97. The number of hydrogen-bond acceptors (Lipinski definition) is 3. The Kier molecular flexibility index (Phi) is 6.72. The van der Waals surface area contributed by atoms with Crippen molar-refractivity contribution in [2.24, 2.45) is 5.41 Å². The van der Waals surface area contributed by atoms with Crippen LogP contribution in [0.5, 0.6) is 0 Å². The summed E-state index contributed by atoms with van der Waals surface area (Å²) in [5.74, 6) is -2.17. The van der Waals surface area contributed by atoms with Crippen LogP contribution in [-0.2, 0) is 4.79 Å². The molecule has 0 saturated heterocycles. The van der Waals surface area contributed by atoms with E-state index in [1.165, 1.54) is 30.6 Å². The molecule has 0 radical (unpaired) electrons. The van der Waals surface area contributed by atoms with Crippen molar-refractivity contribution in [3.63, 3.8) is 0 Å². The molecule has 0 aliphatic rings. The lowest BCUT2D eigenvalue weighted by Gasteiger charge is -2.36. The number of amides is 2. The summed E-state index contributed by atoms with van der Waals surface area (Å²) >= 11 is 0. The van der Waals surface area contributed by atoms with Crippen molar-refractivity contribution in [2.75, 3.05) is 13.1 Å². The predicted octanol–water partition coefficient (Wildman–Crippen LogP) is 2.80. The molecule has 0 fully saturated rings. The third kappa shape index (κ3) is 6.21. The summed E-state index contributed by atoms with van der Waals surface area (Å²) in [4.78, 5) is 29.1. The molecule has 1 heterocycles. The van der Waals surface area contributed by atoms with Crippen molar-refractivity contribution in [1.29, 1.82) is 0 Å². The van der Waals surface area contributed by atoms with Crippen molar-refractivity contribution in [3.05, 3.63) is 42.7 Å². The Morgan fingerprint density at radius 2 is 1.84 bits per heavy atom. The Balaban J connectivity index is 3.32. The molecule has 0 bridgehead atoms. The van der Waals surface area contributed by atoms with Crippen molar-refractivity contribution >= 4 is 11.8 Å². The number of hydrogen-bond donors (Lipinski definition) is 1. The van der Waals surface area contributed by atoms with Crippen molar-refractivity contribution < 1.29 is 22.8 Å².